The molecule has 2 aromatic heterocycles. The molecule has 5 unspecified atom stereocenters. The zero-order valence-electron chi connectivity index (χ0n) is 23.6. The second kappa shape index (κ2) is 11.6. The summed E-state index contributed by atoms with van der Waals surface area (Å²) < 4.78 is 12.5. The van der Waals surface area contributed by atoms with Crippen LogP contribution < -0.4 is 11.5 Å². The van der Waals surface area contributed by atoms with Crippen molar-refractivity contribution >= 4 is 17.7 Å². The van der Waals surface area contributed by atoms with E-state index in [0.717, 1.165) is 72.0 Å². The van der Waals surface area contributed by atoms with Crippen LogP contribution in [-0.4, -0.2) is 16.2 Å². The van der Waals surface area contributed by atoms with Gasteiger partial charge in [-0.1, -0.05) is 91.1 Å². The van der Waals surface area contributed by atoms with Crippen molar-refractivity contribution in [3.8, 4) is 0 Å². The van der Waals surface area contributed by atoms with Crippen molar-refractivity contribution in [2.24, 2.45) is 17.4 Å². The lowest BCUT2D eigenvalue weighted by Crippen LogP contribution is -2.38. The third-order valence-electron chi connectivity index (χ3n) is 8.61. The van der Waals surface area contributed by atoms with Gasteiger partial charge in [0.15, 0.2) is 5.82 Å². The van der Waals surface area contributed by atoms with Gasteiger partial charge in [0.2, 0.25) is 0 Å². The highest BCUT2D eigenvalue weighted by Crippen LogP contribution is 2.43. The first-order valence-electron chi connectivity index (χ1n) is 15.0. The van der Waals surface area contributed by atoms with Crippen LogP contribution in [0.1, 0.15) is 89.2 Å². The van der Waals surface area contributed by atoms with Crippen LogP contribution in [0.15, 0.2) is 95.5 Å². The van der Waals surface area contributed by atoms with Gasteiger partial charge in [-0.05, 0) is 43.4 Å². The predicted octanol–water partition coefficient (Wildman–Crippen LogP) is 7.10. The van der Waals surface area contributed by atoms with E-state index in [-0.39, 0.29) is 17.8 Å². The molecule has 4 N–H and O–H groups in total. The molecule has 1 aromatic carbocycles. The number of allylic oxidation sites excluding steroid dienone is 9. The largest absolute Gasteiger partial charge is 0.461 e. The van der Waals surface area contributed by atoms with Crippen molar-refractivity contribution in [2.45, 2.75) is 56.4 Å². The van der Waals surface area contributed by atoms with Gasteiger partial charge in [0.25, 0.3) is 0 Å². The Morgan fingerprint density at radius 1 is 0.881 bits per heavy atom. The minimum atomic E-state index is -0.627. The van der Waals surface area contributed by atoms with Gasteiger partial charge in [0.1, 0.15) is 24.0 Å². The molecule has 7 rings (SSSR count). The molecule has 0 saturated carbocycles. The van der Waals surface area contributed by atoms with Crippen molar-refractivity contribution in [3.63, 3.8) is 0 Å². The number of hydrogen-bond acceptors (Lipinski definition) is 6. The molecule has 4 aliphatic carbocycles. The second-order valence-corrected chi connectivity index (χ2v) is 11.3. The summed E-state index contributed by atoms with van der Waals surface area (Å²) in [7, 11) is 0. The molecule has 0 saturated heterocycles. The first-order valence-corrected chi connectivity index (χ1v) is 15.0. The fraction of sp³-hybridized carbons (Fsp3) is 0.278. The second-order valence-electron chi connectivity index (χ2n) is 11.3. The Hall–Kier alpha value is -4.10. The molecule has 0 fully saturated rings. The maximum atomic E-state index is 6.72. The van der Waals surface area contributed by atoms with E-state index in [2.05, 4.69) is 66.8 Å². The SMILES string of the molecule is NC(OC(N)C1C=CC=CC1c1cc(C2CC=Cc3oc4c(c32)C=CCC4)nc(C2=CCCC=C2)n1)c1ccccc1. The van der Waals surface area contributed by atoms with Gasteiger partial charge in [0.05, 0.1) is 11.4 Å². The van der Waals surface area contributed by atoms with E-state index in [1.165, 1.54) is 11.1 Å². The summed E-state index contributed by atoms with van der Waals surface area (Å²) in [5, 5.41) is 0. The maximum absolute atomic E-state index is 6.72. The Kier molecular flexibility index (Phi) is 7.43. The van der Waals surface area contributed by atoms with E-state index >= 15 is 0 Å². The van der Waals surface area contributed by atoms with Gasteiger partial charge >= 0.3 is 0 Å². The smallest absolute Gasteiger partial charge is 0.159 e. The molecule has 0 radical (unpaired) electrons. The summed E-state index contributed by atoms with van der Waals surface area (Å²) in [6.07, 6.45) is 27.3. The van der Waals surface area contributed by atoms with Crippen molar-refractivity contribution in [2.75, 3.05) is 0 Å². The van der Waals surface area contributed by atoms with Crippen molar-refractivity contribution < 1.29 is 9.15 Å². The number of nitrogens with zero attached hydrogens (tertiary/aromatic N) is 2. The molecule has 42 heavy (non-hydrogen) atoms. The lowest BCUT2D eigenvalue weighted by Gasteiger charge is -2.31. The lowest BCUT2D eigenvalue weighted by molar-refractivity contribution is -0.0314. The zero-order chi connectivity index (χ0) is 28.5. The van der Waals surface area contributed by atoms with Gasteiger partial charge in [-0.25, -0.2) is 9.97 Å². The molecule has 0 aliphatic heterocycles. The van der Waals surface area contributed by atoms with Gasteiger partial charge in [-0.3, -0.25) is 0 Å². The molecule has 212 valence electrons. The first-order chi connectivity index (χ1) is 20.7. The minimum Gasteiger partial charge on any atom is -0.461 e. The molecule has 0 spiro atoms. The molecule has 3 aromatic rings. The standard InChI is InChI=1S/C36H36N4O2/c37-34(23-12-3-1-4-13-23)42-35(38)26-17-8-7-16-25(26)29-22-30(40-36(39-29)24-14-5-2-6-15-24)27-19-11-21-32-33(27)28-18-9-10-20-31(28)41-32/h1,3-5,7-9,11-18,21-22,25-27,34-35H,2,6,10,19-20,37-38H2. The van der Waals surface area contributed by atoms with Crippen LogP contribution in [0.4, 0.5) is 0 Å². The highest BCUT2D eigenvalue weighted by molar-refractivity contribution is 5.71. The number of benzene rings is 1. The van der Waals surface area contributed by atoms with E-state index in [9.17, 15) is 0 Å². The Balaban J connectivity index is 1.27. The molecule has 0 bridgehead atoms. The van der Waals surface area contributed by atoms with E-state index in [0.29, 0.717) is 0 Å². The van der Waals surface area contributed by atoms with Crippen LogP contribution in [0.25, 0.3) is 17.7 Å². The van der Waals surface area contributed by atoms with Crippen LogP contribution in [-0.2, 0) is 11.2 Å². The number of nitrogens with two attached hydrogens (primary N) is 2. The number of aromatic nitrogens is 2. The van der Waals surface area contributed by atoms with Crippen LogP contribution >= 0.6 is 0 Å². The Bertz CT molecular complexity index is 1640. The molecule has 0 amide bonds. The molecule has 2 heterocycles. The average Bonchev–Trinajstić information content (AvgIpc) is 3.44. The summed E-state index contributed by atoms with van der Waals surface area (Å²) in [6, 6.07) is 11.9. The normalized spacial score (nSPS) is 23.8. The summed E-state index contributed by atoms with van der Waals surface area (Å²) >= 11 is 0. The topological polar surface area (TPSA) is 100 Å². The number of ether oxygens (including phenoxy) is 1. The third kappa shape index (κ3) is 5.18. The first kappa shape index (κ1) is 26.8. The van der Waals surface area contributed by atoms with E-state index in [1.807, 2.05) is 36.4 Å². The van der Waals surface area contributed by atoms with Crippen LogP contribution in [0.5, 0.6) is 0 Å². The van der Waals surface area contributed by atoms with Gasteiger partial charge < -0.3 is 20.6 Å². The van der Waals surface area contributed by atoms with Crippen molar-refractivity contribution in [1.29, 1.82) is 0 Å². The summed E-state index contributed by atoms with van der Waals surface area (Å²) in [5.74, 6) is 2.60. The van der Waals surface area contributed by atoms with E-state index < -0.39 is 12.5 Å². The Morgan fingerprint density at radius 3 is 2.57 bits per heavy atom. The fourth-order valence-corrected chi connectivity index (χ4v) is 6.45. The monoisotopic (exact) mass is 556 g/mol. The maximum Gasteiger partial charge on any atom is 0.159 e. The molecule has 4 aliphatic rings. The number of hydrogen-bond donors (Lipinski definition) is 2. The molecular formula is C36H36N4O2. The zero-order valence-corrected chi connectivity index (χ0v) is 23.6. The van der Waals surface area contributed by atoms with Crippen LogP contribution in [0.3, 0.4) is 0 Å². The molecule has 6 heteroatoms. The summed E-state index contributed by atoms with van der Waals surface area (Å²) in [4.78, 5) is 10.4. The molecule has 6 nitrogen and oxygen atoms in total. The van der Waals surface area contributed by atoms with E-state index in [4.69, 9.17) is 30.6 Å². The minimum absolute atomic E-state index is 0.0758. The average molecular weight is 557 g/mol. The van der Waals surface area contributed by atoms with Gasteiger partial charge in [-0.15, -0.1) is 0 Å². The quantitative estimate of drug-likeness (QED) is 0.301. The summed E-state index contributed by atoms with van der Waals surface area (Å²) in [6.45, 7) is 0. The van der Waals surface area contributed by atoms with E-state index in [1.54, 1.807) is 0 Å². The Labute approximate surface area is 246 Å². The number of fused-ring (bicyclic) bond motifs is 3. The fourth-order valence-electron chi connectivity index (χ4n) is 6.45. The van der Waals surface area contributed by atoms with Crippen LogP contribution in [0, 0.1) is 5.92 Å². The molecular weight excluding hydrogens is 520 g/mol. The van der Waals surface area contributed by atoms with Crippen molar-refractivity contribution in [1.82, 2.24) is 9.97 Å². The van der Waals surface area contributed by atoms with Crippen LogP contribution in [0.2, 0.25) is 0 Å². The van der Waals surface area contributed by atoms with Gasteiger partial charge in [-0.2, -0.15) is 0 Å². The number of rotatable bonds is 7. The third-order valence-corrected chi connectivity index (χ3v) is 8.61. The molecule has 5 atom stereocenters. The van der Waals surface area contributed by atoms with Gasteiger partial charge in [0, 0.05) is 40.9 Å². The Morgan fingerprint density at radius 2 is 1.71 bits per heavy atom. The summed E-state index contributed by atoms with van der Waals surface area (Å²) in [5.41, 5.74) is 19.5. The van der Waals surface area contributed by atoms with Crippen molar-refractivity contribution in [3.05, 3.63) is 137 Å². The number of aryl methyl sites for hydroxylation is 1. The highest BCUT2D eigenvalue weighted by atomic mass is 16.5. The predicted molar refractivity (Wildman–Crippen MR) is 167 cm³/mol. The highest BCUT2D eigenvalue weighted by Gasteiger charge is 2.33. The number of furan rings is 1. The lowest BCUT2D eigenvalue weighted by atomic mass is 9.81.